The molecule has 0 aliphatic heterocycles. The fraction of sp³-hybridized carbons (Fsp3) is 0.750. The third-order valence-electron chi connectivity index (χ3n) is 2.73. The van der Waals surface area contributed by atoms with Gasteiger partial charge in [0.2, 0.25) is 0 Å². The van der Waals surface area contributed by atoms with Gasteiger partial charge in [0.05, 0.1) is 13.2 Å². The van der Waals surface area contributed by atoms with Gasteiger partial charge in [0, 0.05) is 12.5 Å². The third-order valence-corrected chi connectivity index (χ3v) is 2.73. The molecule has 4 nitrogen and oxygen atoms in total. The lowest BCUT2D eigenvalue weighted by molar-refractivity contribution is -0.144. The van der Waals surface area contributed by atoms with Crippen LogP contribution in [0.1, 0.15) is 60.8 Å². The lowest BCUT2D eigenvalue weighted by atomic mass is 10.1. The molecule has 0 radical (unpaired) electrons. The second-order valence-electron chi connectivity index (χ2n) is 4.62. The monoisotopic (exact) mass is 286 g/mol. The summed E-state index contributed by atoms with van der Waals surface area (Å²) in [6, 6.07) is 0. The average molecular weight is 286 g/mol. The van der Waals surface area contributed by atoms with E-state index in [0.717, 1.165) is 18.4 Å². The highest BCUT2D eigenvalue weighted by Gasteiger charge is 2.06. The molecule has 0 fully saturated rings. The van der Waals surface area contributed by atoms with Crippen molar-refractivity contribution in [2.75, 3.05) is 13.2 Å². The first-order valence-electron chi connectivity index (χ1n) is 7.40. The van der Waals surface area contributed by atoms with Crippen LogP contribution in [0.4, 0.5) is 0 Å². The quantitative estimate of drug-likeness (QED) is 0.526. The molecule has 1 atom stereocenters. The molecule has 0 saturated heterocycles. The molecule has 0 aromatic carbocycles. The van der Waals surface area contributed by atoms with Crippen molar-refractivity contribution < 1.29 is 19.1 Å². The van der Waals surface area contributed by atoms with Gasteiger partial charge in [-0.15, -0.1) is 0 Å². The second-order valence-corrected chi connectivity index (χ2v) is 4.62. The minimum Gasteiger partial charge on any atom is -0.466 e. The average Bonchev–Trinajstić information content (AvgIpc) is 2.39. The summed E-state index contributed by atoms with van der Waals surface area (Å²) in [7, 11) is 0. The molecule has 0 spiro atoms. The SMILES string of the molecule is CCOC(=O)/C=C(/C)CC.CCOC(=O)CC(C)CC. The molecule has 1 unspecified atom stereocenters. The highest BCUT2D eigenvalue weighted by molar-refractivity contribution is 5.82. The number of ether oxygens (including phenoxy) is 2. The number of rotatable bonds is 7. The number of esters is 2. The molecular formula is C16H30O4. The van der Waals surface area contributed by atoms with Crippen LogP contribution in [0.2, 0.25) is 0 Å². The Balaban J connectivity index is 0. The molecule has 0 aliphatic rings. The Bertz CT molecular complexity index is 295. The van der Waals surface area contributed by atoms with E-state index in [0.29, 0.717) is 25.6 Å². The summed E-state index contributed by atoms with van der Waals surface area (Å²) >= 11 is 0. The second kappa shape index (κ2) is 14.1. The number of carbonyl (C=O) groups is 2. The summed E-state index contributed by atoms with van der Waals surface area (Å²) in [4.78, 5) is 21.5. The van der Waals surface area contributed by atoms with Crippen molar-refractivity contribution in [3.63, 3.8) is 0 Å². The van der Waals surface area contributed by atoms with Gasteiger partial charge in [0.25, 0.3) is 0 Å². The van der Waals surface area contributed by atoms with E-state index in [1.54, 1.807) is 6.92 Å². The van der Waals surface area contributed by atoms with Gasteiger partial charge in [-0.05, 0) is 33.1 Å². The fourth-order valence-electron chi connectivity index (χ4n) is 1.14. The molecule has 0 saturated carbocycles. The standard InChI is InChI=1S/C8H16O2.C8H14O2/c2*1-4-7(3)6-8(9)10-5-2/h7H,4-6H2,1-3H3;6H,4-5H2,1-3H3/b;7-6-. The minimum absolute atomic E-state index is 0.0724. The van der Waals surface area contributed by atoms with Crippen LogP contribution in [0.5, 0.6) is 0 Å². The number of carbonyl (C=O) groups excluding carboxylic acids is 2. The Morgan fingerprint density at radius 3 is 2.00 bits per heavy atom. The first-order valence-corrected chi connectivity index (χ1v) is 7.40. The molecule has 20 heavy (non-hydrogen) atoms. The van der Waals surface area contributed by atoms with Crippen molar-refractivity contribution in [2.24, 2.45) is 5.92 Å². The van der Waals surface area contributed by atoms with Crippen LogP contribution in [0.25, 0.3) is 0 Å². The van der Waals surface area contributed by atoms with E-state index in [1.807, 2.05) is 20.8 Å². The zero-order valence-electron chi connectivity index (χ0n) is 13.8. The first kappa shape index (κ1) is 21.0. The molecule has 0 bridgehead atoms. The largest absolute Gasteiger partial charge is 0.466 e. The molecule has 0 aliphatic carbocycles. The molecule has 0 aromatic heterocycles. The summed E-state index contributed by atoms with van der Waals surface area (Å²) < 4.78 is 9.47. The van der Waals surface area contributed by atoms with E-state index in [4.69, 9.17) is 9.47 Å². The van der Waals surface area contributed by atoms with E-state index < -0.39 is 0 Å². The maximum Gasteiger partial charge on any atom is 0.330 e. The lowest BCUT2D eigenvalue weighted by Crippen LogP contribution is -2.08. The van der Waals surface area contributed by atoms with Crippen molar-refractivity contribution in [3.05, 3.63) is 11.6 Å². The number of hydrogen-bond acceptors (Lipinski definition) is 4. The summed E-state index contributed by atoms with van der Waals surface area (Å²) in [6.45, 7) is 12.6. The predicted octanol–water partition coefficient (Wildman–Crippen LogP) is 3.89. The Morgan fingerprint density at radius 2 is 1.60 bits per heavy atom. The zero-order valence-corrected chi connectivity index (χ0v) is 13.8. The maximum absolute atomic E-state index is 10.8. The van der Waals surface area contributed by atoms with Crippen molar-refractivity contribution in [2.45, 2.75) is 60.8 Å². The van der Waals surface area contributed by atoms with E-state index >= 15 is 0 Å². The molecule has 118 valence electrons. The highest BCUT2D eigenvalue weighted by atomic mass is 16.5. The summed E-state index contributed by atoms with van der Waals surface area (Å²) in [5, 5.41) is 0. The third kappa shape index (κ3) is 14.7. The van der Waals surface area contributed by atoms with E-state index in [1.165, 1.54) is 6.08 Å². The molecule has 0 N–H and O–H groups in total. The zero-order chi connectivity index (χ0) is 16.0. The number of allylic oxidation sites excluding steroid dienone is 1. The molecule has 0 amide bonds. The van der Waals surface area contributed by atoms with Crippen LogP contribution in [0, 0.1) is 5.92 Å². The van der Waals surface area contributed by atoms with Gasteiger partial charge in [-0.2, -0.15) is 0 Å². The van der Waals surface area contributed by atoms with Crippen molar-refractivity contribution in [1.29, 1.82) is 0 Å². The Kier molecular flexibility index (Phi) is 14.8. The summed E-state index contributed by atoms with van der Waals surface area (Å²) in [5.74, 6) is 0.151. The Morgan fingerprint density at radius 1 is 1.05 bits per heavy atom. The van der Waals surface area contributed by atoms with Gasteiger partial charge in [-0.25, -0.2) is 4.79 Å². The van der Waals surface area contributed by atoms with Crippen LogP contribution in [0.15, 0.2) is 11.6 Å². The van der Waals surface area contributed by atoms with Crippen LogP contribution in [-0.4, -0.2) is 25.2 Å². The Hall–Kier alpha value is -1.32. The van der Waals surface area contributed by atoms with E-state index in [-0.39, 0.29) is 11.9 Å². The molecular weight excluding hydrogens is 256 g/mol. The predicted molar refractivity (Wildman–Crippen MR) is 81.4 cm³/mol. The number of hydrogen-bond donors (Lipinski definition) is 0. The summed E-state index contributed by atoms with van der Waals surface area (Å²) in [5.41, 5.74) is 1.05. The van der Waals surface area contributed by atoms with E-state index in [2.05, 4.69) is 13.8 Å². The van der Waals surface area contributed by atoms with Gasteiger partial charge in [-0.3, -0.25) is 4.79 Å². The first-order chi connectivity index (χ1) is 9.40. The fourth-order valence-corrected chi connectivity index (χ4v) is 1.14. The van der Waals surface area contributed by atoms with Gasteiger partial charge in [0.15, 0.2) is 0 Å². The molecule has 0 aromatic rings. The normalized spacial score (nSPS) is 12.0. The highest BCUT2D eigenvalue weighted by Crippen LogP contribution is 2.06. The van der Waals surface area contributed by atoms with Gasteiger partial charge in [0.1, 0.15) is 0 Å². The van der Waals surface area contributed by atoms with Crippen LogP contribution >= 0.6 is 0 Å². The van der Waals surface area contributed by atoms with Crippen LogP contribution in [-0.2, 0) is 19.1 Å². The van der Waals surface area contributed by atoms with Crippen molar-refractivity contribution in [1.82, 2.24) is 0 Å². The topological polar surface area (TPSA) is 52.6 Å². The minimum atomic E-state index is -0.234. The molecule has 0 heterocycles. The van der Waals surface area contributed by atoms with E-state index in [9.17, 15) is 9.59 Å². The maximum atomic E-state index is 10.8. The van der Waals surface area contributed by atoms with Gasteiger partial charge in [-0.1, -0.05) is 32.8 Å². The lowest BCUT2D eigenvalue weighted by Gasteiger charge is -2.06. The van der Waals surface area contributed by atoms with Gasteiger partial charge >= 0.3 is 11.9 Å². The molecule has 4 heteroatoms. The molecule has 0 rings (SSSR count). The van der Waals surface area contributed by atoms with Gasteiger partial charge < -0.3 is 9.47 Å². The van der Waals surface area contributed by atoms with Crippen LogP contribution in [0.3, 0.4) is 0 Å². The van der Waals surface area contributed by atoms with Crippen molar-refractivity contribution >= 4 is 11.9 Å². The summed E-state index contributed by atoms with van der Waals surface area (Å²) in [6.07, 6.45) is 4.03. The van der Waals surface area contributed by atoms with Crippen LogP contribution < -0.4 is 0 Å². The Labute approximate surface area is 123 Å². The smallest absolute Gasteiger partial charge is 0.330 e. The van der Waals surface area contributed by atoms with Crippen molar-refractivity contribution in [3.8, 4) is 0 Å².